The first-order valence-corrected chi connectivity index (χ1v) is 9.04. The lowest BCUT2D eigenvalue weighted by Crippen LogP contribution is -2.29. The van der Waals surface area contributed by atoms with Crippen LogP contribution in [0.1, 0.15) is 5.56 Å². The second-order valence-corrected chi connectivity index (χ2v) is 6.93. The van der Waals surface area contributed by atoms with Crippen LogP contribution in [0.4, 0.5) is 10.1 Å². The van der Waals surface area contributed by atoms with Crippen molar-refractivity contribution >= 4 is 57.8 Å². The number of hydrogen-bond acceptors (Lipinski definition) is 4. The largest absolute Gasteiger partial charge is 0.283 e. The third-order valence-electron chi connectivity index (χ3n) is 3.43. The number of pyridine rings is 1. The molecular weight excluding hydrogens is 396 g/mol. The molecule has 0 atom stereocenters. The van der Waals surface area contributed by atoms with Crippen molar-refractivity contribution in [2.75, 3.05) is 6.54 Å². The van der Waals surface area contributed by atoms with Crippen LogP contribution in [0.15, 0.2) is 59.1 Å². The normalized spacial score (nSPS) is 17.3. The predicted octanol–water partition coefficient (Wildman–Crippen LogP) is 5.32. The van der Waals surface area contributed by atoms with Crippen LogP contribution in [0.2, 0.25) is 10.2 Å². The van der Waals surface area contributed by atoms with Crippen molar-refractivity contribution in [3.63, 3.8) is 0 Å². The maximum Gasteiger partial charge on any atom is 0.267 e. The fourth-order valence-electron chi connectivity index (χ4n) is 2.23. The summed E-state index contributed by atoms with van der Waals surface area (Å²) in [7, 11) is 0. The molecule has 2 aromatic rings. The Kier molecular flexibility index (Phi) is 5.76. The summed E-state index contributed by atoms with van der Waals surface area (Å²) in [4.78, 5) is 22.8. The first kappa shape index (κ1) is 18.6. The number of aromatic nitrogens is 1. The molecular formula is C18H12Cl2FN3OS. The number of thioether (sulfide) groups is 1. The molecule has 0 unspecified atom stereocenters. The highest BCUT2D eigenvalue weighted by atomic mass is 35.5. The van der Waals surface area contributed by atoms with Crippen LogP contribution in [0.5, 0.6) is 0 Å². The molecule has 1 fully saturated rings. The van der Waals surface area contributed by atoms with Crippen molar-refractivity contribution in [1.82, 2.24) is 9.88 Å². The summed E-state index contributed by atoms with van der Waals surface area (Å²) in [6.45, 7) is 3.91. The Morgan fingerprint density at radius 3 is 2.81 bits per heavy atom. The molecule has 1 aromatic carbocycles. The SMILES string of the molecule is C=CCN1C(=O)/C(=C/c2c(F)cccc2Cl)SC1=Nc1cccnc1Cl. The van der Waals surface area contributed by atoms with E-state index in [0.29, 0.717) is 15.8 Å². The standard InChI is InChI=1S/C18H12Cl2FN3OS/c1-2-9-24-17(25)15(10-11-12(19)5-3-6-13(11)21)26-18(24)23-14-7-4-8-22-16(14)20/h2-8,10H,1,9H2/b15-10-,23-18?. The van der Waals surface area contributed by atoms with E-state index < -0.39 is 5.82 Å². The van der Waals surface area contributed by atoms with Gasteiger partial charge in [0.1, 0.15) is 11.5 Å². The number of amides is 1. The number of halogens is 3. The van der Waals surface area contributed by atoms with Gasteiger partial charge in [-0.05, 0) is 42.1 Å². The molecule has 0 radical (unpaired) electrons. The van der Waals surface area contributed by atoms with Crippen molar-refractivity contribution in [3.8, 4) is 0 Å². The van der Waals surface area contributed by atoms with Crippen LogP contribution in [-0.4, -0.2) is 27.5 Å². The molecule has 0 saturated carbocycles. The molecule has 1 amide bonds. The third kappa shape index (κ3) is 3.82. The van der Waals surface area contributed by atoms with Crippen LogP contribution in [0.25, 0.3) is 6.08 Å². The Labute approximate surface area is 164 Å². The number of benzene rings is 1. The van der Waals surface area contributed by atoms with Crippen LogP contribution in [0.3, 0.4) is 0 Å². The van der Waals surface area contributed by atoms with Gasteiger partial charge in [0, 0.05) is 18.3 Å². The van der Waals surface area contributed by atoms with Crippen molar-refractivity contribution in [1.29, 1.82) is 0 Å². The lowest BCUT2D eigenvalue weighted by Gasteiger charge is -2.12. The van der Waals surface area contributed by atoms with Crippen molar-refractivity contribution in [2.24, 2.45) is 4.99 Å². The average molecular weight is 408 g/mol. The van der Waals surface area contributed by atoms with Gasteiger partial charge in [-0.1, -0.05) is 35.3 Å². The molecule has 0 aliphatic carbocycles. The molecule has 2 heterocycles. The number of aliphatic imine (C=N–C) groups is 1. The molecule has 1 aliphatic rings. The number of amidine groups is 1. The van der Waals surface area contributed by atoms with Crippen molar-refractivity contribution in [2.45, 2.75) is 0 Å². The minimum atomic E-state index is -0.505. The van der Waals surface area contributed by atoms with E-state index in [1.807, 2.05) is 0 Å². The maximum absolute atomic E-state index is 14.0. The summed E-state index contributed by atoms with van der Waals surface area (Å²) in [6, 6.07) is 7.74. The van der Waals surface area contributed by atoms with Gasteiger partial charge in [0.2, 0.25) is 0 Å². The van der Waals surface area contributed by atoms with Gasteiger partial charge in [-0.3, -0.25) is 9.69 Å². The minimum Gasteiger partial charge on any atom is -0.283 e. The quantitative estimate of drug-likeness (QED) is 0.391. The van der Waals surface area contributed by atoms with E-state index in [0.717, 1.165) is 11.8 Å². The van der Waals surface area contributed by atoms with Crippen LogP contribution in [-0.2, 0) is 4.79 Å². The van der Waals surface area contributed by atoms with E-state index in [1.54, 1.807) is 30.5 Å². The second kappa shape index (κ2) is 8.03. The zero-order valence-corrected chi connectivity index (χ0v) is 15.7. The summed E-state index contributed by atoms with van der Waals surface area (Å²) < 4.78 is 14.0. The molecule has 4 nitrogen and oxygen atoms in total. The highest BCUT2D eigenvalue weighted by Crippen LogP contribution is 2.36. The predicted molar refractivity (Wildman–Crippen MR) is 105 cm³/mol. The first-order valence-electron chi connectivity index (χ1n) is 7.46. The molecule has 0 N–H and O–H groups in total. The van der Waals surface area contributed by atoms with E-state index in [-0.39, 0.29) is 28.2 Å². The maximum atomic E-state index is 14.0. The Hall–Kier alpha value is -2.15. The summed E-state index contributed by atoms with van der Waals surface area (Å²) >= 11 is 13.2. The highest BCUT2D eigenvalue weighted by molar-refractivity contribution is 8.18. The topological polar surface area (TPSA) is 45.6 Å². The Morgan fingerprint density at radius 1 is 1.31 bits per heavy atom. The summed E-state index contributed by atoms with van der Waals surface area (Å²) in [5.41, 5.74) is 0.591. The minimum absolute atomic E-state index is 0.157. The third-order valence-corrected chi connectivity index (χ3v) is 5.06. The zero-order chi connectivity index (χ0) is 18.7. The fraction of sp³-hybridized carbons (Fsp3) is 0.0556. The number of carbonyl (C=O) groups is 1. The van der Waals surface area contributed by atoms with E-state index in [9.17, 15) is 9.18 Å². The molecule has 3 rings (SSSR count). The van der Waals surface area contributed by atoms with Crippen LogP contribution < -0.4 is 0 Å². The fourth-order valence-corrected chi connectivity index (χ4v) is 3.59. The van der Waals surface area contributed by atoms with Crippen molar-refractivity contribution < 1.29 is 9.18 Å². The molecule has 8 heteroatoms. The second-order valence-electron chi connectivity index (χ2n) is 5.16. The van der Waals surface area contributed by atoms with Gasteiger partial charge in [-0.2, -0.15) is 0 Å². The number of nitrogens with zero attached hydrogens (tertiary/aromatic N) is 3. The molecule has 1 aliphatic heterocycles. The molecule has 132 valence electrons. The van der Waals surface area contributed by atoms with E-state index in [4.69, 9.17) is 23.2 Å². The van der Waals surface area contributed by atoms with E-state index in [1.165, 1.54) is 23.1 Å². The van der Waals surface area contributed by atoms with Gasteiger partial charge >= 0.3 is 0 Å². The summed E-state index contributed by atoms with van der Waals surface area (Å²) in [5, 5.41) is 0.853. The van der Waals surface area contributed by atoms with E-state index >= 15 is 0 Å². The average Bonchev–Trinajstić information content (AvgIpc) is 2.89. The van der Waals surface area contributed by atoms with Gasteiger partial charge in [-0.15, -0.1) is 6.58 Å². The zero-order valence-electron chi connectivity index (χ0n) is 13.3. The van der Waals surface area contributed by atoms with Gasteiger partial charge in [0.05, 0.1) is 9.93 Å². The van der Waals surface area contributed by atoms with Gasteiger partial charge in [0.25, 0.3) is 5.91 Å². The Balaban J connectivity index is 2.03. The Bertz CT molecular complexity index is 926. The monoisotopic (exact) mass is 407 g/mol. The van der Waals surface area contributed by atoms with Crippen molar-refractivity contribution in [3.05, 3.63) is 75.6 Å². The van der Waals surface area contributed by atoms with Gasteiger partial charge in [0.15, 0.2) is 10.3 Å². The number of hydrogen-bond donors (Lipinski definition) is 0. The molecule has 0 bridgehead atoms. The summed E-state index contributed by atoms with van der Waals surface area (Å²) in [5.74, 6) is -0.817. The lowest BCUT2D eigenvalue weighted by molar-refractivity contribution is -0.121. The van der Waals surface area contributed by atoms with Gasteiger partial charge < -0.3 is 0 Å². The van der Waals surface area contributed by atoms with Crippen LogP contribution >= 0.6 is 35.0 Å². The van der Waals surface area contributed by atoms with E-state index in [2.05, 4.69) is 16.6 Å². The highest BCUT2D eigenvalue weighted by Gasteiger charge is 2.33. The Morgan fingerprint density at radius 2 is 2.12 bits per heavy atom. The number of carbonyl (C=O) groups excluding carboxylic acids is 1. The molecule has 1 aromatic heterocycles. The first-order chi connectivity index (χ1) is 12.5. The lowest BCUT2D eigenvalue weighted by atomic mass is 10.2. The molecule has 0 spiro atoms. The van der Waals surface area contributed by atoms with Crippen LogP contribution in [0, 0.1) is 5.82 Å². The molecule has 1 saturated heterocycles. The smallest absolute Gasteiger partial charge is 0.267 e. The molecule has 26 heavy (non-hydrogen) atoms. The number of rotatable bonds is 4. The van der Waals surface area contributed by atoms with Gasteiger partial charge in [-0.25, -0.2) is 14.4 Å². The summed E-state index contributed by atoms with van der Waals surface area (Å²) in [6.07, 6.45) is 4.55.